The van der Waals surface area contributed by atoms with Crippen molar-refractivity contribution in [2.45, 2.75) is 13.1 Å². The molecule has 7 nitrogen and oxygen atoms in total. The molecule has 0 atom stereocenters. The van der Waals surface area contributed by atoms with Crippen LogP contribution in [0.1, 0.15) is 11.3 Å². The van der Waals surface area contributed by atoms with Gasteiger partial charge in [0.15, 0.2) is 11.5 Å². The van der Waals surface area contributed by atoms with E-state index in [1.807, 2.05) is 22.7 Å². The molecule has 9 heteroatoms. The molecule has 2 aromatic heterocycles. The number of pyridine rings is 1. The van der Waals surface area contributed by atoms with E-state index in [-0.39, 0.29) is 6.03 Å². The number of ether oxygens (including phenoxy) is 2. The first-order valence-electron chi connectivity index (χ1n) is 8.31. The van der Waals surface area contributed by atoms with E-state index in [1.54, 1.807) is 18.3 Å². The van der Waals surface area contributed by atoms with Gasteiger partial charge in [0.1, 0.15) is 18.9 Å². The second-order valence-corrected chi connectivity index (χ2v) is 6.83. The van der Waals surface area contributed by atoms with Crippen molar-refractivity contribution in [3.8, 4) is 11.5 Å². The molecule has 0 radical (unpaired) electrons. The van der Waals surface area contributed by atoms with Crippen LogP contribution in [0.4, 0.5) is 4.79 Å². The number of aromatic nitrogens is 2. The SMILES string of the molecule is O=C(NCc1cc(Cl)c2c(c1)OCCO2)NCc1cn2cc(Cl)ccc2n1. The van der Waals surface area contributed by atoms with E-state index in [9.17, 15) is 4.79 Å². The van der Waals surface area contributed by atoms with Crippen molar-refractivity contribution in [2.75, 3.05) is 13.2 Å². The number of rotatable bonds is 4. The van der Waals surface area contributed by atoms with E-state index in [0.29, 0.717) is 47.8 Å². The van der Waals surface area contributed by atoms with Crippen molar-refractivity contribution in [3.05, 3.63) is 58.0 Å². The van der Waals surface area contributed by atoms with Gasteiger partial charge in [0, 0.05) is 18.9 Å². The number of benzene rings is 1. The summed E-state index contributed by atoms with van der Waals surface area (Å²) < 4.78 is 12.8. The van der Waals surface area contributed by atoms with Gasteiger partial charge in [-0.15, -0.1) is 0 Å². The Kier molecular flexibility index (Phi) is 4.96. The van der Waals surface area contributed by atoms with E-state index in [2.05, 4.69) is 15.6 Å². The number of carbonyl (C=O) groups is 1. The number of urea groups is 1. The summed E-state index contributed by atoms with van der Waals surface area (Å²) in [6.45, 7) is 1.56. The van der Waals surface area contributed by atoms with E-state index < -0.39 is 0 Å². The third-order valence-corrected chi connectivity index (χ3v) is 4.51. The quantitative estimate of drug-likeness (QED) is 0.695. The number of nitrogens with zero attached hydrogens (tertiary/aromatic N) is 2. The average molecular weight is 407 g/mol. The lowest BCUT2D eigenvalue weighted by molar-refractivity contribution is 0.171. The van der Waals surface area contributed by atoms with Gasteiger partial charge in [0.05, 0.1) is 22.3 Å². The molecule has 1 aromatic carbocycles. The summed E-state index contributed by atoms with van der Waals surface area (Å²) in [6, 6.07) is 6.84. The van der Waals surface area contributed by atoms with Gasteiger partial charge in [-0.25, -0.2) is 9.78 Å². The molecular formula is C18H16Cl2N4O3. The summed E-state index contributed by atoms with van der Waals surface area (Å²) in [5.74, 6) is 1.14. The Hall–Kier alpha value is -2.64. The number of halogens is 2. The monoisotopic (exact) mass is 406 g/mol. The van der Waals surface area contributed by atoms with Gasteiger partial charge < -0.3 is 24.5 Å². The lowest BCUT2D eigenvalue weighted by Gasteiger charge is -2.20. The smallest absolute Gasteiger partial charge is 0.315 e. The molecule has 0 spiro atoms. The summed E-state index contributed by atoms with van der Waals surface area (Å²) in [7, 11) is 0. The van der Waals surface area contributed by atoms with Gasteiger partial charge in [-0.1, -0.05) is 23.2 Å². The lowest BCUT2D eigenvalue weighted by atomic mass is 10.2. The minimum atomic E-state index is -0.309. The standard InChI is InChI=1S/C18H16Cl2N4O3/c19-12-1-2-16-23-13(10-24(16)9-12)8-22-18(25)21-7-11-5-14(20)17-15(6-11)26-3-4-27-17/h1-2,5-6,9-10H,3-4,7-8H2,(H2,21,22,25). The molecule has 0 fully saturated rings. The highest BCUT2D eigenvalue weighted by atomic mass is 35.5. The normalized spacial score (nSPS) is 12.8. The van der Waals surface area contributed by atoms with Crippen molar-refractivity contribution in [2.24, 2.45) is 0 Å². The zero-order valence-electron chi connectivity index (χ0n) is 14.2. The number of nitrogens with one attached hydrogen (secondary N) is 2. The number of imidazole rings is 1. The highest BCUT2D eigenvalue weighted by Crippen LogP contribution is 2.38. The first-order valence-corrected chi connectivity index (χ1v) is 9.07. The molecule has 4 rings (SSSR count). The molecule has 0 unspecified atom stereocenters. The van der Waals surface area contributed by atoms with Crippen LogP contribution < -0.4 is 20.1 Å². The molecule has 0 saturated heterocycles. The van der Waals surface area contributed by atoms with Crippen molar-refractivity contribution < 1.29 is 14.3 Å². The van der Waals surface area contributed by atoms with E-state index in [0.717, 1.165) is 16.9 Å². The average Bonchev–Trinajstić information content (AvgIpc) is 3.07. The summed E-state index contributed by atoms with van der Waals surface area (Å²) in [5.41, 5.74) is 2.32. The first kappa shape index (κ1) is 17.8. The van der Waals surface area contributed by atoms with Crippen LogP contribution in [0.25, 0.3) is 5.65 Å². The molecule has 0 aliphatic carbocycles. The van der Waals surface area contributed by atoms with E-state index in [1.165, 1.54) is 0 Å². The summed E-state index contributed by atoms with van der Waals surface area (Å²) in [5, 5.41) is 6.65. The fourth-order valence-electron chi connectivity index (χ4n) is 2.78. The molecule has 0 bridgehead atoms. The molecule has 0 saturated carbocycles. The third kappa shape index (κ3) is 4.04. The number of hydrogen-bond donors (Lipinski definition) is 2. The van der Waals surface area contributed by atoms with Gasteiger partial charge in [-0.2, -0.15) is 0 Å². The number of amides is 2. The van der Waals surface area contributed by atoms with E-state index in [4.69, 9.17) is 32.7 Å². The fourth-order valence-corrected chi connectivity index (χ4v) is 3.24. The molecule has 2 amide bonds. The van der Waals surface area contributed by atoms with Crippen LogP contribution in [-0.2, 0) is 13.1 Å². The summed E-state index contributed by atoms with van der Waals surface area (Å²) in [4.78, 5) is 16.5. The third-order valence-electron chi connectivity index (χ3n) is 4.00. The highest BCUT2D eigenvalue weighted by molar-refractivity contribution is 6.32. The number of carbonyl (C=O) groups excluding carboxylic acids is 1. The number of hydrogen-bond acceptors (Lipinski definition) is 4. The highest BCUT2D eigenvalue weighted by Gasteiger charge is 2.16. The predicted molar refractivity (Wildman–Crippen MR) is 102 cm³/mol. The molecule has 2 N–H and O–H groups in total. The van der Waals surface area contributed by atoms with Gasteiger partial charge in [-0.3, -0.25) is 0 Å². The van der Waals surface area contributed by atoms with Gasteiger partial charge in [-0.05, 0) is 29.8 Å². The van der Waals surface area contributed by atoms with Crippen LogP contribution >= 0.6 is 23.2 Å². The molecule has 3 heterocycles. The van der Waals surface area contributed by atoms with Crippen LogP contribution in [0.5, 0.6) is 11.5 Å². The maximum absolute atomic E-state index is 12.1. The van der Waals surface area contributed by atoms with Crippen LogP contribution in [0.3, 0.4) is 0 Å². The predicted octanol–water partition coefficient (Wildman–Crippen LogP) is 3.41. The van der Waals surface area contributed by atoms with Crippen molar-refractivity contribution in [1.82, 2.24) is 20.0 Å². The minimum absolute atomic E-state index is 0.299. The van der Waals surface area contributed by atoms with Crippen LogP contribution in [-0.4, -0.2) is 28.6 Å². The maximum atomic E-state index is 12.1. The summed E-state index contributed by atoms with van der Waals surface area (Å²) in [6.07, 6.45) is 3.58. The zero-order chi connectivity index (χ0) is 18.8. The topological polar surface area (TPSA) is 76.9 Å². The molecule has 1 aliphatic heterocycles. The molecule has 140 valence electrons. The van der Waals surface area contributed by atoms with Crippen LogP contribution in [0.15, 0.2) is 36.7 Å². The first-order chi connectivity index (χ1) is 13.1. The Labute approximate surface area is 165 Å². The Morgan fingerprint density at radius 2 is 1.93 bits per heavy atom. The lowest BCUT2D eigenvalue weighted by Crippen LogP contribution is -2.34. The molecule has 27 heavy (non-hydrogen) atoms. The van der Waals surface area contributed by atoms with Gasteiger partial charge in [0.2, 0.25) is 0 Å². The van der Waals surface area contributed by atoms with Crippen molar-refractivity contribution >= 4 is 34.9 Å². The molecular weight excluding hydrogens is 391 g/mol. The Bertz CT molecular complexity index is 1010. The fraction of sp³-hybridized carbons (Fsp3) is 0.222. The Balaban J connectivity index is 1.33. The maximum Gasteiger partial charge on any atom is 0.315 e. The van der Waals surface area contributed by atoms with E-state index >= 15 is 0 Å². The molecule has 1 aliphatic rings. The Morgan fingerprint density at radius 3 is 2.81 bits per heavy atom. The van der Waals surface area contributed by atoms with Crippen LogP contribution in [0.2, 0.25) is 10.0 Å². The summed E-state index contributed by atoms with van der Waals surface area (Å²) >= 11 is 12.2. The minimum Gasteiger partial charge on any atom is -0.486 e. The number of fused-ring (bicyclic) bond motifs is 2. The van der Waals surface area contributed by atoms with Crippen molar-refractivity contribution in [1.29, 1.82) is 0 Å². The Morgan fingerprint density at radius 1 is 1.11 bits per heavy atom. The molecule has 3 aromatic rings. The largest absolute Gasteiger partial charge is 0.486 e. The zero-order valence-corrected chi connectivity index (χ0v) is 15.7. The second kappa shape index (κ2) is 7.54. The van der Waals surface area contributed by atoms with Gasteiger partial charge >= 0.3 is 6.03 Å². The van der Waals surface area contributed by atoms with Crippen molar-refractivity contribution in [3.63, 3.8) is 0 Å². The van der Waals surface area contributed by atoms with Gasteiger partial charge in [0.25, 0.3) is 0 Å². The second-order valence-electron chi connectivity index (χ2n) is 5.98. The van der Waals surface area contributed by atoms with Crippen LogP contribution in [0, 0.1) is 0 Å².